The standard InChI is InChI=1S/C35H24N2S/c1-23-19-31(29-16-10-18-33-34(29)30-15-8-9-17-32(30)38-33)37-35(36-23)28-21-26(24-11-4-2-5-12-24)20-27(22-28)25-13-6-3-7-14-25/h2-22H,1H3. The van der Waals surface area contributed by atoms with Gasteiger partial charge in [0.15, 0.2) is 5.82 Å². The van der Waals surface area contributed by atoms with Crippen LogP contribution < -0.4 is 0 Å². The molecule has 7 rings (SSSR count). The Morgan fingerprint density at radius 3 is 1.82 bits per heavy atom. The summed E-state index contributed by atoms with van der Waals surface area (Å²) in [5.41, 5.74) is 8.72. The van der Waals surface area contributed by atoms with Crippen LogP contribution in [0.4, 0.5) is 0 Å². The largest absolute Gasteiger partial charge is 0.233 e. The SMILES string of the molecule is Cc1cc(-c2cccc3sc4ccccc4c23)nc(-c2cc(-c3ccccc3)cc(-c3ccccc3)c2)n1. The molecule has 0 radical (unpaired) electrons. The van der Waals surface area contributed by atoms with E-state index in [1.807, 2.05) is 11.3 Å². The van der Waals surface area contributed by atoms with E-state index in [1.165, 1.54) is 31.3 Å². The number of nitrogens with zero attached hydrogens (tertiary/aromatic N) is 2. The van der Waals surface area contributed by atoms with Crippen LogP contribution >= 0.6 is 11.3 Å². The minimum Gasteiger partial charge on any atom is -0.233 e. The van der Waals surface area contributed by atoms with Crippen molar-refractivity contribution in [1.82, 2.24) is 9.97 Å². The first-order valence-electron chi connectivity index (χ1n) is 12.8. The van der Waals surface area contributed by atoms with E-state index in [-0.39, 0.29) is 0 Å². The molecule has 2 aromatic heterocycles. The fourth-order valence-corrected chi connectivity index (χ4v) is 6.31. The molecule has 180 valence electrons. The quantitative estimate of drug-likeness (QED) is 0.238. The molecule has 7 aromatic rings. The number of hydrogen-bond acceptors (Lipinski definition) is 3. The summed E-state index contributed by atoms with van der Waals surface area (Å²) in [6, 6.07) is 44.9. The molecule has 38 heavy (non-hydrogen) atoms. The number of rotatable bonds is 4. The molecule has 2 heterocycles. The van der Waals surface area contributed by atoms with E-state index in [0.29, 0.717) is 0 Å². The van der Waals surface area contributed by atoms with Crippen molar-refractivity contribution in [3.8, 4) is 44.9 Å². The van der Waals surface area contributed by atoms with Crippen LogP contribution in [-0.4, -0.2) is 9.97 Å². The van der Waals surface area contributed by atoms with Crippen LogP contribution in [0.25, 0.3) is 65.1 Å². The smallest absolute Gasteiger partial charge is 0.160 e. The first-order valence-corrected chi connectivity index (χ1v) is 13.6. The second kappa shape index (κ2) is 9.37. The number of hydrogen-bond donors (Lipinski definition) is 0. The van der Waals surface area contributed by atoms with E-state index in [2.05, 4.69) is 134 Å². The monoisotopic (exact) mass is 504 g/mol. The van der Waals surface area contributed by atoms with Crippen molar-refractivity contribution in [3.63, 3.8) is 0 Å². The molecule has 0 amide bonds. The van der Waals surface area contributed by atoms with E-state index in [4.69, 9.17) is 9.97 Å². The van der Waals surface area contributed by atoms with Gasteiger partial charge < -0.3 is 0 Å². The van der Waals surface area contributed by atoms with Gasteiger partial charge in [0.1, 0.15) is 0 Å². The first kappa shape index (κ1) is 22.6. The molecule has 0 saturated carbocycles. The Hall–Kier alpha value is -4.60. The van der Waals surface area contributed by atoms with Gasteiger partial charge in [0, 0.05) is 37.0 Å². The number of aryl methyl sites for hydroxylation is 1. The third-order valence-electron chi connectivity index (χ3n) is 6.94. The number of benzene rings is 5. The Morgan fingerprint density at radius 2 is 1.11 bits per heavy atom. The first-order chi connectivity index (χ1) is 18.7. The molecular formula is C35H24N2S. The average Bonchev–Trinajstić information content (AvgIpc) is 3.36. The lowest BCUT2D eigenvalue weighted by molar-refractivity contribution is 1.12. The van der Waals surface area contributed by atoms with Gasteiger partial charge in [-0.05, 0) is 65.6 Å². The summed E-state index contributed by atoms with van der Waals surface area (Å²) in [5, 5.41) is 2.54. The predicted octanol–water partition coefficient (Wildman–Crippen LogP) is 9.82. The predicted molar refractivity (Wildman–Crippen MR) is 161 cm³/mol. The van der Waals surface area contributed by atoms with Crippen molar-refractivity contribution >= 4 is 31.5 Å². The van der Waals surface area contributed by atoms with Crippen LogP contribution in [-0.2, 0) is 0 Å². The molecule has 0 saturated heterocycles. The Labute approximate surface area is 225 Å². The zero-order valence-corrected chi connectivity index (χ0v) is 21.7. The van der Waals surface area contributed by atoms with Crippen LogP contribution in [0, 0.1) is 6.92 Å². The summed E-state index contributed by atoms with van der Waals surface area (Å²) in [5.74, 6) is 0.742. The second-order valence-corrected chi connectivity index (χ2v) is 10.6. The van der Waals surface area contributed by atoms with Crippen molar-refractivity contribution in [2.24, 2.45) is 0 Å². The summed E-state index contributed by atoms with van der Waals surface area (Å²) in [4.78, 5) is 10.1. The van der Waals surface area contributed by atoms with Crippen LogP contribution in [0.1, 0.15) is 5.69 Å². The van der Waals surface area contributed by atoms with Gasteiger partial charge in [-0.25, -0.2) is 9.97 Å². The van der Waals surface area contributed by atoms with E-state index in [9.17, 15) is 0 Å². The number of thiophene rings is 1. The van der Waals surface area contributed by atoms with E-state index in [1.54, 1.807) is 0 Å². The minimum atomic E-state index is 0.742. The summed E-state index contributed by atoms with van der Waals surface area (Å²) in [7, 11) is 0. The number of aromatic nitrogens is 2. The van der Waals surface area contributed by atoms with Gasteiger partial charge in [-0.1, -0.05) is 91.0 Å². The third kappa shape index (κ3) is 4.07. The molecular weight excluding hydrogens is 480 g/mol. The van der Waals surface area contributed by atoms with Crippen LogP contribution in [0.2, 0.25) is 0 Å². The summed E-state index contributed by atoms with van der Waals surface area (Å²) in [6.07, 6.45) is 0. The van der Waals surface area contributed by atoms with Gasteiger partial charge in [0.25, 0.3) is 0 Å². The van der Waals surface area contributed by atoms with Crippen LogP contribution in [0.15, 0.2) is 127 Å². The highest BCUT2D eigenvalue weighted by Crippen LogP contribution is 2.40. The van der Waals surface area contributed by atoms with E-state index >= 15 is 0 Å². The average molecular weight is 505 g/mol. The maximum absolute atomic E-state index is 5.17. The Kier molecular flexibility index (Phi) is 5.57. The zero-order chi connectivity index (χ0) is 25.5. The zero-order valence-electron chi connectivity index (χ0n) is 20.9. The Morgan fingerprint density at radius 1 is 0.500 bits per heavy atom. The van der Waals surface area contributed by atoms with Gasteiger partial charge in [-0.15, -0.1) is 11.3 Å². The van der Waals surface area contributed by atoms with Gasteiger partial charge in [-0.2, -0.15) is 0 Å². The lowest BCUT2D eigenvalue weighted by Gasteiger charge is -2.12. The van der Waals surface area contributed by atoms with Gasteiger partial charge in [0.2, 0.25) is 0 Å². The van der Waals surface area contributed by atoms with Gasteiger partial charge in [0.05, 0.1) is 5.69 Å². The fourth-order valence-electron chi connectivity index (χ4n) is 5.17. The summed E-state index contributed by atoms with van der Waals surface area (Å²) < 4.78 is 2.57. The molecule has 0 unspecified atom stereocenters. The molecule has 3 heteroatoms. The van der Waals surface area contributed by atoms with Crippen molar-refractivity contribution in [1.29, 1.82) is 0 Å². The van der Waals surface area contributed by atoms with Crippen molar-refractivity contribution < 1.29 is 0 Å². The van der Waals surface area contributed by atoms with Gasteiger partial charge in [-0.3, -0.25) is 0 Å². The lowest BCUT2D eigenvalue weighted by Crippen LogP contribution is -1.96. The molecule has 0 aliphatic heterocycles. The molecule has 0 spiro atoms. The summed E-state index contributed by atoms with van der Waals surface area (Å²) in [6.45, 7) is 2.06. The molecule has 0 fully saturated rings. The normalized spacial score (nSPS) is 11.3. The molecule has 0 aliphatic carbocycles. The second-order valence-electron chi connectivity index (χ2n) is 9.53. The Balaban J connectivity index is 1.44. The maximum Gasteiger partial charge on any atom is 0.160 e. The number of fused-ring (bicyclic) bond motifs is 3. The molecule has 0 aliphatic rings. The molecule has 5 aromatic carbocycles. The third-order valence-corrected chi connectivity index (χ3v) is 8.07. The maximum atomic E-state index is 5.17. The van der Waals surface area contributed by atoms with E-state index in [0.717, 1.165) is 39.5 Å². The molecule has 0 N–H and O–H groups in total. The molecule has 0 atom stereocenters. The minimum absolute atomic E-state index is 0.742. The highest BCUT2D eigenvalue weighted by atomic mass is 32.1. The topological polar surface area (TPSA) is 25.8 Å². The van der Waals surface area contributed by atoms with E-state index < -0.39 is 0 Å². The fraction of sp³-hybridized carbons (Fsp3) is 0.0286. The molecule has 0 bridgehead atoms. The van der Waals surface area contributed by atoms with Crippen molar-refractivity contribution in [3.05, 3.63) is 133 Å². The summed E-state index contributed by atoms with van der Waals surface area (Å²) >= 11 is 1.83. The van der Waals surface area contributed by atoms with Crippen molar-refractivity contribution in [2.75, 3.05) is 0 Å². The van der Waals surface area contributed by atoms with Gasteiger partial charge >= 0.3 is 0 Å². The molecule has 2 nitrogen and oxygen atoms in total. The van der Waals surface area contributed by atoms with Crippen molar-refractivity contribution in [2.45, 2.75) is 6.92 Å². The highest BCUT2D eigenvalue weighted by molar-refractivity contribution is 7.25. The highest BCUT2D eigenvalue weighted by Gasteiger charge is 2.15. The lowest BCUT2D eigenvalue weighted by atomic mass is 9.95. The van der Waals surface area contributed by atoms with Crippen LogP contribution in [0.3, 0.4) is 0 Å². The Bertz CT molecular complexity index is 1860. The van der Waals surface area contributed by atoms with Crippen LogP contribution in [0.5, 0.6) is 0 Å².